The topological polar surface area (TPSA) is 90.9 Å². The highest BCUT2D eigenvalue weighted by atomic mass is 16.4. The third kappa shape index (κ3) is 3.68. The van der Waals surface area contributed by atoms with E-state index in [2.05, 4.69) is 10.5 Å². The van der Waals surface area contributed by atoms with Gasteiger partial charge in [0, 0.05) is 12.1 Å². The Morgan fingerprint density at radius 1 is 1.37 bits per heavy atom. The lowest BCUT2D eigenvalue weighted by Gasteiger charge is -2.13. The molecule has 1 fully saturated rings. The number of benzene rings is 1. The van der Waals surface area contributed by atoms with Gasteiger partial charge >= 0.3 is 0 Å². The molecule has 0 aromatic heterocycles. The third-order valence-electron chi connectivity index (χ3n) is 3.66. The molecule has 0 heterocycles. The molecular weight excluding hydrogens is 242 g/mol. The minimum Gasteiger partial charge on any atom is -0.409 e. The summed E-state index contributed by atoms with van der Waals surface area (Å²) < 4.78 is 0. The average Bonchev–Trinajstić information content (AvgIpc) is 2.84. The normalized spacial score (nSPS) is 23.7. The molecular formula is C14H21N3O2. The minimum atomic E-state index is -0.128. The largest absolute Gasteiger partial charge is 0.409 e. The summed E-state index contributed by atoms with van der Waals surface area (Å²) in [5, 5.41) is 24.7. The lowest BCUT2D eigenvalue weighted by Crippen LogP contribution is -2.24. The molecule has 0 amide bonds. The smallest absolute Gasteiger partial charge is 0.170 e. The van der Waals surface area contributed by atoms with Gasteiger partial charge in [-0.05, 0) is 37.3 Å². The molecule has 2 atom stereocenters. The van der Waals surface area contributed by atoms with Crippen LogP contribution >= 0.6 is 0 Å². The van der Waals surface area contributed by atoms with E-state index >= 15 is 0 Å². The predicted molar refractivity (Wildman–Crippen MR) is 74.0 cm³/mol. The van der Waals surface area contributed by atoms with Gasteiger partial charge in [-0.3, -0.25) is 0 Å². The fraction of sp³-hybridized carbons (Fsp3) is 0.500. The van der Waals surface area contributed by atoms with Crippen LogP contribution in [0.25, 0.3) is 0 Å². The van der Waals surface area contributed by atoms with Crippen molar-refractivity contribution in [3.05, 3.63) is 35.4 Å². The second kappa shape index (κ2) is 6.54. The van der Waals surface area contributed by atoms with Crippen LogP contribution in [-0.4, -0.2) is 28.8 Å². The SMILES string of the molecule is N/C(=N/O)c1ccccc1CNCC1CCC(O)C1. The Bertz CT molecular complexity index is 448. The summed E-state index contributed by atoms with van der Waals surface area (Å²) in [5.74, 6) is 0.680. The van der Waals surface area contributed by atoms with Crippen LogP contribution in [-0.2, 0) is 6.54 Å². The van der Waals surface area contributed by atoms with E-state index in [0.717, 1.165) is 36.9 Å². The molecule has 0 radical (unpaired) electrons. The lowest BCUT2D eigenvalue weighted by molar-refractivity contribution is 0.177. The molecule has 0 saturated heterocycles. The predicted octanol–water partition coefficient (Wildman–Crippen LogP) is 1.03. The number of amidine groups is 1. The summed E-state index contributed by atoms with van der Waals surface area (Å²) in [5.41, 5.74) is 7.41. The Labute approximate surface area is 113 Å². The molecule has 2 rings (SSSR count). The molecule has 1 saturated carbocycles. The quantitative estimate of drug-likeness (QED) is 0.276. The van der Waals surface area contributed by atoms with E-state index in [-0.39, 0.29) is 11.9 Å². The molecule has 1 aromatic carbocycles. The summed E-state index contributed by atoms with van der Waals surface area (Å²) in [7, 11) is 0. The maximum Gasteiger partial charge on any atom is 0.170 e. The van der Waals surface area contributed by atoms with Crippen LogP contribution in [0.5, 0.6) is 0 Å². The summed E-state index contributed by atoms with van der Waals surface area (Å²) in [6, 6.07) is 7.60. The molecule has 0 aliphatic heterocycles. The molecule has 0 spiro atoms. The van der Waals surface area contributed by atoms with Crippen molar-refractivity contribution in [2.75, 3.05) is 6.54 Å². The molecule has 5 N–H and O–H groups in total. The lowest BCUT2D eigenvalue weighted by atomic mass is 10.1. The van der Waals surface area contributed by atoms with E-state index in [1.165, 1.54) is 0 Å². The van der Waals surface area contributed by atoms with Gasteiger partial charge in [0.15, 0.2) is 5.84 Å². The van der Waals surface area contributed by atoms with Crippen molar-refractivity contribution in [3.8, 4) is 0 Å². The van der Waals surface area contributed by atoms with E-state index in [1.54, 1.807) is 0 Å². The first kappa shape index (κ1) is 13.8. The van der Waals surface area contributed by atoms with Gasteiger partial charge in [-0.1, -0.05) is 29.4 Å². The van der Waals surface area contributed by atoms with Gasteiger partial charge in [0.1, 0.15) is 0 Å². The first-order valence-corrected chi connectivity index (χ1v) is 6.65. The Hall–Kier alpha value is -1.59. The second-order valence-corrected chi connectivity index (χ2v) is 5.11. The minimum absolute atomic E-state index is 0.128. The Balaban J connectivity index is 1.89. The number of nitrogens with one attached hydrogen (secondary N) is 1. The van der Waals surface area contributed by atoms with Crippen LogP contribution in [0.4, 0.5) is 0 Å². The molecule has 0 bridgehead atoms. The van der Waals surface area contributed by atoms with Crippen LogP contribution in [0.3, 0.4) is 0 Å². The summed E-state index contributed by atoms with van der Waals surface area (Å²) >= 11 is 0. The number of hydrogen-bond donors (Lipinski definition) is 4. The number of aliphatic hydroxyl groups is 1. The van der Waals surface area contributed by atoms with E-state index in [1.807, 2.05) is 24.3 Å². The third-order valence-corrected chi connectivity index (χ3v) is 3.66. The monoisotopic (exact) mass is 263 g/mol. The summed E-state index contributed by atoms with van der Waals surface area (Å²) in [4.78, 5) is 0. The molecule has 1 aliphatic carbocycles. The number of oxime groups is 1. The molecule has 1 aromatic rings. The van der Waals surface area contributed by atoms with E-state index in [4.69, 9.17) is 10.9 Å². The van der Waals surface area contributed by atoms with Crippen molar-refractivity contribution in [1.29, 1.82) is 0 Å². The molecule has 2 unspecified atom stereocenters. The first-order valence-electron chi connectivity index (χ1n) is 6.65. The van der Waals surface area contributed by atoms with E-state index < -0.39 is 0 Å². The highest BCUT2D eigenvalue weighted by molar-refractivity contribution is 5.98. The van der Waals surface area contributed by atoms with Gasteiger partial charge in [-0.2, -0.15) is 0 Å². The van der Waals surface area contributed by atoms with E-state index in [9.17, 15) is 5.11 Å². The zero-order chi connectivity index (χ0) is 13.7. The average molecular weight is 263 g/mol. The molecule has 1 aliphatic rings. The fourth-order valence-corrected chi connectivity index (χ4v) is 2.62. The van der Waals surface area contributed by atoms with E-state index in [0.29, 0.717) is 12.5 Å². The summed E-state index contributed by atoms with van der Waals surface area (Å²) in [6.45, 7) is 1.57. The fourth-order valence-electron chi connectivity index (χ4n) is 2.62. The van der Waals surface area contributed by atoms with Gasteiger partial charge in [-0.15, -0.1) is 0 Å². The maximum absolute atomic E-state index is 9.48. The van der Waals surface area contributed by atoms with Crippen molar-refractivity contribution in [1.82, 2.24) is 5.32 Å². The van der Waals surface area contributed by atoms with Crippen LogP contribution < -0.4 is 11.1 Å². The Kier molecular flexibility index (Phi) is 4.76. The first-order chi connectivity index (χ1) is 9.20. The molecule has 5 nitrogen and oxygen atoms in total. The van der Waals surface area contributed by atoms with Crippen molar-refractivity contribution >= 4 is 5.84 Å². The van der Waals surface area contributed by atoms with Crippen LogP contribution in [0.1, 0.15) is 30.4 Å². The van der Waals surface area contributed by atoms with Gasteiger partial charge < -0.3 is 21.4 Å². The molecule has 5 heteroatoms. The Morgan fingerprint density at radius 2 is 2.16 bits per heavy atom. The molecule has 19 heavy (non-hydrogen) atoms. The number of rotatable bonds is 5. The Morgan fingerprint density at radius 3 is 2.84 bits per heavy atom. The highest BCUT2D eigenvalue weighted by Gasteiger charge is 2.22. The number of hydrogen-bond acceptors (Lipinski definition) is 4. The van der Waals surface area contributed by atoms with Crippen LogP contribution in [0.15, 0.2) is 29.4 Å². The van der Waals surface area contributed by atoms with Crippen molar-refractivity contribution in [2.45, 2.75) is 31.9 Å². The van der Waals surface area contributed by atoms with Gasteiger partial charge in [0.05, 0.1) is 6.10 Å². The van der Waals surface area contributed by atoms with Crippen molar-refractivity contribution < 1.29 is 10.3 Å². The molecule has 104 valence electrons. The van der Waals surface area contributed by atoms with Gasteiger partial charge in [0.25, 0.3) is 0 Å². The summed E-state index contributed by atoms with van der Waals surface area (Å²) in [6.07, 6.45) is 2.74. The van der Waals surface area contributed by atoms with Crippen molar-refractivity contribution in [3.63, 3.8) is 0 Å². The van der Waals surface area contributed by atoms with Gasteiger partial charge in [0.2, 0.25) is 0 Å². The van der Waals surface area contributed by atoms with Crippen LogP contribution in [0.2, 0.25) is 0 Å². The maximum atomic E-state index is 9.48. The van der Waals surface area contributed by atoms with Crippen molar-refractivity contribution in [2.24, 2.45) is 16.8 Å². The van der Waals surface area contributed by atoms with Gasteiger partial charge in [-0.25, -0.2) is 0 Å². The number of nitrogens with zero attached hydrogens (tertiary/aromatic N) is 1. The standard InChI is InChI=1S/C14H21N3O2/c15-14(17-19)13-4-2-1-3-11(13)9-16-8-10-5-6-12(18)7-10/h1-4,10,12,16,18-19H,5-9H2,(H2,15,17). The zero-order valence-electron chi connectivity index (χ0n) is 10.9. The highest BCUT2D eigenvalue weighted by Crippen LogP contribution is 2.24. The zero-order valence-corrected chi connectivity index (χ0v) is 10.9. The second-order valence-electron chi connectivity index (χ2n) is 5.11. The number of aliphatic hydroxyl groups excluding tert-OH is 1. The number of nitrogens with two attached hydrogens (primary N) is 1. The van der Waals surface area contributed by atoms with Crippen LogP contribution in [0, 0.1) is 5.92 Å².